The number of amides is 1. The summed E-state index contributed by atoms with van der Waals surface area (Å²) in [6.45, 7) is 8.99. The number of nitrogens with one attached hydrogen (secondary N) is 1. The first-order chi connectivity index (χ1) is 16.0. The average molecular weight is 444 g/mol. The Morgan fingerprint density at radius 3 is 2.36 bits per heavy atom. The first-order valence-corrected chi connectivity index (χ1v) is 11.8. The van der Waals surface area contributed by atoms with E-state index in [9.17, 15) is 4.79 Å². The van der Waals surface area contributed by atoms with E-state index in [1.54, 1.807) is 6.20 Å². The number of aryl methyl sites for hydroxylation is 1. The van der Waals surface area contributed by atoms with Crippen LogP contribution in [-0.2, 0) is 6.54 Å². The van der Waals surface area contributed by atoms with Gasteiger partial charge in [0, 0.05) is 42.2 Å². The van der Waals surface area contributed by atoms with Crippen molar-refractivity contribution in [2.45, 2.75) is 52.1 Å². The second-order valence-electron chi connectivity index (χ2n) is 9.24. The molecule has 1 aliphatic rings. The maximum absolute atomic E-state index is 13.1. The van der Waals surface area contributed by atoms with E-state index in [2.05, 4.69) is 39.0 Å². The first-order valence-electron chi connectivity index (χ1n) is 11.8. The summed E-state index contributed by atoms with van der Waals surface area (Å²) in [5, 5.41) is 3.30. The molecule has 1 aliphatic heterocycles. The smallest absolute Gasteiger partial charge is 0.252 e. The van der Waals surface area contributed by atoms with Gasteiger partial charge in [-0.1, -0.05) is 38.1 Å². The number of benzene rings is 1. The predicted molar refractivity (Wildman–Crippen MR) is 130 cm³/mol. The van der Waals surface area contributed by atoms with Crippen LogP contribution in [0.1, 0.15) is 71.7 Å². The highest BCUT2D eigenvalue weighted by molar-refractivity contribution is 5.95. The molecule has 3 aromatic rings. The number of aromatic nitrogens is 3. The van der Waals surface area contributed by atoms with Crippen molar-refractivity contribution in [1.82, 2.24) is 25.2 Å². The molecule has 4 rings (SSSR count). The Bertz CT molecular complexity index is 1040. The Kier molecular flexibility index (Phi) is 7.45. The minimum Gasteiger partial charge on any atom is -0.343 e. The summed E-state index contributed by atoms with van der Waals surface area (Å²) in [5.74, 6) is 1.53. The van der Waals surface area contributed by atoms with Crippen molar-refractivity contribution in [3.05, 3.63) is 89.3 Å². The lowest BCUT2D eigenvalue weighted by atomic mass is 9.87. The minimum absolute atomic E-state index is 0.0337. The van der Waals surface area contributed by atoms with Crippen LogP contribution in [0.15, 0.2) is 61.1 Å². The normalized spacial score (nSPS) is 16.0. The number of rotatable bonds is 7. The fourth-order valence-electron chi connectivity index (χ4n) is 4.49. The first kappa shape index (κ1) is 23.1. The van der Waals surface area contributed by atoms with Crippen molar-refractivity contribution < 1.29 is 4.79 Å². The Hall–Kier alpha value is -3.12. The molecular weight excluding hydrogens is 410 g/mol. The maximum Gasteiger partial charge on any atom is 0.252 e. The molecule has 6 nitrogen and oxygen atoms in total. The fourth-order valence-corrected chi connectivity index (χ4v) is 4.49. The van der Waals surface area contributed by atoms with Crippen molar-refractivity contribution in [2.24, 2.45) is 5.92 Å². The van der Waals surface area contributed by atoms with Crippen LogP contribution in [-0.4, -0.2) is 38.8 Å². The molecule has 1 aromatic carbocycles. The molecule has 1 saturated heterocycles. The van der Waals surface area contributed by atoms with Gasteiger partial charge in [-0.25, -0.2) is 9.97 Å². The van der Waals surface area contributed by atoms with Crippen molar-refractivity contribution in [1.29, 1.82) is 0 Å². The molecule has 6 heteroatoms. The van der Waals surface area contributed by atoms with Crippen molar-refractivity contribution in [3.8, 4) is 0 Å². The molecule has 1 N–H and O–H groups in total. The summed E-state index contributed by atoms with van der Waals surface area (Å²) in [6, 6.07) is 13.5. The van der Waals surface area contributed by atoms with E-state index in [0.29, 0.717) is 11.8 Å². The van der Waals surface area contributed by atoms with Crippen LogP contribution in [0.5, 0.6) is 0 Å². The van der Waals surface area contributed by atoms with Crippen molar-refractivity contribution in [2.75, 3.05) is 13.1 Å². The Morgan fingerprint density at radius 2 is 1.73 bits per heavy atom. The van der Waals surface area contributed by atoms with E-state index in [1.165, 1.54) is 0 Å². The number of likely N-dealkylation sites (tertiary alicyclic amines) is 1. The molecule has 3 heterocycles. The molecule has 0 spiro atoms. The molecule has 2 aromatic heterocycles. The van der Waals surface area contributed by atoms with Gasteiger partial charge in [-0.15, -0.1) is 0 Å². The molecule has 0 radical (unpaired) electrons. The summed E-state index contributed by atoms with van der Waals surface area (Å²) < 4.78 is 0. The van der Waals surface area contributed by atoms with E-state index < -0.39 is 0 Å². The Morgan fingerprint density at radius 1 is 1.03 bits per heavy atom. The van der Waals surface area contributed by atoms with Gasteiger partial charge in [0.2, 0.25) is 0 Å². The molecule has 33 heavy (non-hydrogen) atoms. The molecule has 1 fully saturated rings. The summed E-state index contributed by atoms with van der Waals surface area (Å²) in [4.78, 5) is 29.1. The summed E-state index contributed by atoms with van der Waals surface area (Å²) in [5.41, 5.74) is 3.78. The topological polar surface area (TPSA) is 71.0 Å². The third-order valence-electron chi connectivity index (χ3n) is 6.43. The quantitative estimate of drug-likeness (QED) is 0.574. The van der Waals surface area contributed by atoms with E-state index in [-0.39, 0.29) is 11.9 Å². The lowest BCUT2D eigenvalue weighted by molar-refractivity contribution is 0.0887. The van der Waals surface area contributed by atoms with Crippen LogP contribution in [0.4, 0.5) is 0 Å². The zero-order valence-electron chi connectivity index (χ0n) is 19.7. The highest BCUT2D eigenvalue weighted by Gasteiger charge is 2.30. The van der Waals surface area contributed by atoms with Crippen LogP contribution in [0.2, 0.25) is 0 Å². The molecule has 0 saturated carbocycles. The summed E-state index contributed by atoms with van der Waals surface area (Å²) in [7, 11) is 0. The van der Waals surface area contributed by atoms with Gasteiger partial charge in [0.25, 0.3) is 5.91 Å². The number of carbonyl (C=O) groups excluding carboxylic acids is 1. The van der Waals surface area contributed by atoms with Crippen LogP contribution in [0.3, 0.4) is 0 Å². The van der Waals surface area contributed by atoms with E-state index in [4.69, 9.17) is 0 Å². The Balaban J connectivity index is 1.42. The summed E-state index contributed by atoms with van der Waals surface area (Å²) in [6.07, 6.45) is 7.71. The number of piperidine rings is 1. The Labute approximate surface area is 196 Å². The molecule has 0 aliphatic carbocycles. The van der Waals surface area contributed by atoms with Crippen LogP contribution in [0.25, 0.3) is 0 Å². The largest absolute Gasteiger partial charge is 0.343 e. The second kappa shape index (κ2) is 10.7. The highest BCUT2D eigenvalue weighted by Crippen LogP contribution is 2.31. The number of pyridine rings is 1. The van der Waals surface area contributed by atoms with Crippen LogP contribution in [0, 0.1) is 12.8 Å². The monoisotopic (exact) mass is 443 g/mol. The van der Waals surface area contributed by atoms with Gasteiger partial charge in [-0.3, -0.25) is 14.7 Å². The lowest BCUT2D eigenvalue weighted by Gasteiger charge is -2.36. The second-order valence-corrected chi connectivity index (χ2v) is 9.24. The van der Waals surface area contributed by atoms with Crippen molar-refractivity contribution >= 4 is 5.91 Å². The van der Waals surface area contributed by atoms with Gasteiger partial charge in [-0.2, -0.15) is 0 Å². The molecule has 172 valence electrons. The van der Waals surface area contributed by atoms with Gasteiger partial charge in [-0.05, 0) is 62.5 Å². The summed E-state index contributed by atoms with van der Waals surface area (Å²) >= 11 is 0. The highest BCUT2D eigenvalue weighted by atomic mass is 16.1. The molecule has 0 bridgehead atoms. The minimum atomic E-state index is -0.103. The SMILES string of the molecule is Cc1ccccc1C(=O)N[C@@H](c1ccccn1)C1CCN(Cc2cnc(C(C)C)nc2)CC1. The number of nitrogens with zero attached hydrogens (tertiary/aromatic N) is 4. The van der Waals surface area contributed by atoms with E-state index >= 15 is 0 Å². The number of hydrogen-bond acceptors (Lipinski definition) is 5. The van der Waals surface area contributed by atoms with Gasteiger partial charge < -0.3 is 5.32 Å². The third kappa shape index (κ3) is 5.82. The zero-order chi connectivity index (χ0) is 23.2. The molecule has 0 unspecified atom stereocenters. The van der Waals surface area contributed by atoms with E-state index in [0.717, 1.165) is 60.7 Å². The van der Waals surface area contributed by atoms with E-state index in [1.807, 2.05) is 61.8 Å². The standard InChI is InChI=1S/C27H33N5O/c1-19(2)26-29-16-21(17-30-26)18-32-14-11-22(12-15-32)25(24-10-6-7-13-28-24)31-27(33)23-9-5-4-8-20(23)3/h4-10,13,16-17,19,22,25H,11-12,14-15,18H2,1-3H3,(H,31,33)/t25-/m1/s1. The lowest BCUT2D eigenvalue weighted by Crippen LogP contribution is -2.41. The van der Waals surface area contributed by atoms with Gasteiger partial charge in [0.05, 0.1) is 11.7 Å². The van der Waals surface area contributed by atoms with Crippen molar-refractivity contribution in [3.63, 3.8) is 0 Å². The third-order valence-corrected chi connectivity index (χ3v) is 6.43. The zero-order valence-corrected chi connectivity index (χ0v) is 19.7. The van der Waals surface area contributed by atoms with Gasteiger partial charge in [0.1, 0.15) is 5.82 Å². The predicted octanol–water partition coefficient (Wildman–Crippen LogP) is 4.69. The van der Waals surface area contributed by atoms with Crippen LogP contribution >= 0.6 is 0 Å². The maximum atomic E-state index is 13.1. The molecule has 1 amide bonds. The molecular formula is C27H33N5O. The average Bonchev–Trinajstić information content (AvgIpc) is 2.84. The molecule has 1 atom stereocenters. The van der Waals surface area contributed by atoms with Crippen LogP contribution < -0.4 is 5.32 Å². The fraction of sp³-hybridized carbons (Fsp3) is 0.407. The van der Waals surface area contributed by atoms with Gasteiger partial charge >= 0.3 is 0 Å². The van der Waals surface area contributed by atoms with Gasteiger partial charge in [0.15, 0.2) is 0 Å². The number of carbonyl (C=O) groups is 1. The number of hydrogen-bond donors (Lipinski definition) is 1.